The standard InChI is InChI=1S/C20H16FN3O3/c1-12(25)22-16-8-4-14(5-9-16)11-18-20(27)23-17(19(26)24-18)10-13-2-6-15(21)7-3-13/h2-11H,1H3,(H,22,25)(H,23,27)(H,24,26)/b17-10-,18-11-. The lowest BCUT2D eigenvalue weighted by Crippen LogP contribution is -2.46. The van der Waals surface area contributed by atoms with Crippen molar-refractivity contribution in [3.8, 4) is 0 Å². The number of amides is 1. The lowest BCUT2D eigenvalue weighted by atomic mass is 10.2. The highest BCUT2D eigenvalue weighted by Crippen LogP contribution is 2.09. The van der Waals surface area contributed by atoms with Crippen LogP contribution in [0.5, 0.6) is 0 Å². The number of nitrogens with one attached hydrogen (secondary N) is 3. The van der Waals surface area contributed by atoms with Gasteiger partial charge in [-0.25, -0.2) is 4.39 Å². The average molecular weight is 365 g/mol. The molecule has 1 heterocycles. The maximum Gasteiger partial charge on any atom is 0.272 e. The lowest BCUT2D eigenvalue weighted by Gasteiger charge is -2.01. The van der Waals surface area contributed by atoms with E-state index in [1.807, 2.05) is 0 Å². The van der Waals surface area contributed by atoms with E-state index in [9.17, 15) is 18.8 Å². The summed E-state index contributed by atoms with van der Waals surface area (Å²) in [5.41, 5.74) is 0.962. The first kappa shape index (κ1) is 18.1. The Morgan fingerprint density at radius 2 is 1.30 bits per heavy atom. The molecule has 0 bridgehead atoms. The van der Waals surface area contributed by atoms with Gasteiger partial charge in [0.25, 0.3) is 11.1 Å². The van der Waals surface area contributed by atoms with Gasteiger partial charge in [-0.15, -0.1) is 0 Å². The van der Waals surface area contributed by atoms with E-state index in [4.69, 9.17) is 0 Å². The van der Waals surface area contributed by atoms with Crippen molar-refractivity contribution in [3.63, 3.8) is 0 Å². The minimum absolute atomic E-state index is 0.0739. The van der Waals surface area contributed by atoms with E-state index >= 15 is 0 Å². The SMILES string of the molecule is CC(=O)Nc1ccc(/C=c2\[nH]c(=O)/c(=C/c3ccc(F)cc3)[nH]c2=O)cc1. The molecule has 0 saturated carbocycles. The van der Waals surface area contributed by atoms with Crippen LogP contribution < -0.4 is 27.1 Å². The van der Waals surface area contributed by atoms with Crippen LogP contribution >= 0.6 is 0 Å². The van der Waals surface area contributed by atoms with E-state index in [0.717, 1.165) is 0 Å². The first-order valence-electron chi connectivity index (χ1n) is 8.10. The molecule has 1 amide bonds. The monoisotopic (exact) mass is 365 g/mol. The predicted molar refractivity (Wildman–Crippen MR) is 101 cm³/mol. The molecule has 0 radical (unpaired) electrons. The highest BCUT2D eigenvalue weighted by atomic mass is 19.1. The number of hydrogen-bond donors (Lipinski definition) is 3. The molecule has 136 valence electrons. The normalized spacial score (nSPS) is 12.2. The molecule has 0 aliphatic rings. The molecular formula is C20H16FN3O3. The van der Waals surface area contributed by atoms with Crippen molar-refractivity contribution in [1.29, 1.82) is 0 Å². The van der Waals surface area contributed by atoms with Crippen molar-refractivity contribution in [2.75, 3.05) is 5.32 Å². The van der Waals surface area contributed by atoms with E-state index in [-0.39, 0.29) is 22.4 Å². The maximum absolute atomic E-state index is 13.0. The molecular weight excluding hydrogens is 349 g/mol. The molecule has 7 heteroatoms. The summed E-state index contributed by atoms with van der Waals surface area (Å²) < 4.78 is 13.0. The molecule has 0 aliphatic carbocycles. The third-order valence-corrected chi connectivity index (χ3v) is 3.71. The van der Waals surface area contributed by atoms with E-state index in [1.54, 1.807) is 24.3 Å². The van der Waals surface area contributed by atoms with Crippen molar-refractivity contribution in [3.05, 3.63) is 96.9 Å². The number of benzene rings is 2. The number of carbonyl (C=O) groups is 1. The first-order chi connectivity index (χ1) is 12.9. The Morgan fingerprint density at radius 3 is 1.74 bits per heavy atom. The van der Waals surface area contributed by atoms with E-state index in [2.05, 4.69) is 15.3 Å². The van der Waals surface area contributed by atoms with E-state index < -0.39 is 11.1 Å². The zero-order valence-corrected chi connectivity index (χ0v) is 14.4. The van der Waals surface area contributed by atoms with Gasteiger partial charge in [0.2, 0.25) is 5.91 Å². The van der Waals surface area contributed by atoms with E-state index in [0.29, 0.717) is 16.8 Å². The molecule has 0 atom stereocenters. The zero-order valence-electron chi connectivity index (χ0n) is 14.4. The molecule has 0 saturated heterocycles. The van der Waals surface area contributed by atoms with Crippen molar-refractivity contribution >= 4 is 23.7 Å². The second kappa shape index (κ2) is 7.65. The second-order valence-electron chi connectivity index (χ2n) is 5.88. The Kier molecular flexibility index (Phi) is 5.12. The molecule has 0 fully saturated rings. The molecule has 0 spiro atoms. The zero-order chi connectivity index (χ0) is 19.4. The summed E-state index contributed by atoms with van der Waals surface area (Å²) in [6.45, 7) is 1.41. The van der Waals surface area contributed by atoms with Crippen LogP contribution in [-0.2, 0) is 4.79 Å². The third kappa shape index (κ3) is 4.66. The molecule has 27 heavy (non-hydrogen) atoms. The minimum Gasteiger partial charge on any atom is -0.326 e. The summed E-state index contributed by atoms with van der Waals surface area (Å²) in [6.07, 6.45) is 2.99. The Labute approximate surface area is 152 Å². The Hall–Kier alpha value is -3.74. The summed E-state index contributed by atoms with van der Waals surface area (Å²) in [6, 6.07) is 12.3. The van der Waals surface area contributed by atoms with Crippen LogP contribution in [0.3, 0.4) is 0 Å². The number of H-pyrrole nitrogens is 2. The van der Waals surface area contributed by atoms with Gasteiger partial charge in [-0.3, -0.25) is 14.4 Å². The van der Waals surface area contributed by atoms with Crippen LogP contribution in [0.15, 0.2) is 58.1 Å². The Morgan fingerprint density at radius 1 is 0.852 bits per heavy atom. The van der Waals surface area contributed by atoms with Gasteiger partial charge in [0.05, 0.1) is 0 Å². The van der Waals surface area contributed by atoms with Gasteiger partial charge in [0, 0.05) is 12.6 Å². The third-order valence-electron chi connectivity index (χ3n) is 3.71. The number of carbonyl (C=O) groups excluding carboxylic acids is 1. The fourth-order valence-corrected chi connectivity index (χ4v) is 2.45. The molecule has 6 nitrogen and oxygen atoms in total. The second-order valence-corrected chi connectivity index (χ2v) is 5.88. The number of anilines is 1. The fraction of sp³-hybridized carbons (Fsp3) is 0.0500. The molecule has 0 aliphatic heterocycles. The summed E-state index contributed by atoms with van der Waals surface area (Å²) in [7, 11) is 0. The quantitative estimate of drug-likeness (QED) is 0.641. The van der Waals surface area contributed by atoms with Gasteiger partial charge in [0.15, 0.2) is 0 Å². The molecule has 3 N–H and O–H groups in total. The molecule has 1 aromatic heterocycles. The summed E-state index contributed by atoms with van der Waals surface area (Å²) in [5, 5.41) is 2.82. The highest BCUT2D eigenvalue weighted by Gasteiger charge is 1.99. The molecule has 2 aromatic carbocycles. The van der Waals surface area contributed by atoms with Gasteiger partial charge in [-0.2, -0.15) is 0 Å². The maximum atomic E-state index is 13.0. The van der Waals surface area contributed by atoms with Crippen LogP contribution in [0.1, 0.15) is 18.1 Å². The number of halogens is 1. The highest BCUT2D eigenvalue weighted by molar-refractivity contribution is 5.88. The minimum atomic E-state index is -0.472. The summed E-state index contributed by atoms with van der Waals surface area (Å²) in [4.78, 5) is 40.6. The van der Waals surface area contributed by atoms with Crippen LogP contribution in [0.4, 0.5) is 10.1 Å². The number of rotatable bonds is 3. The topological polar surface area (TPSA) is 94.8 Å². The van der Waals surface area contributed by atoms with Gasteiger partial charge in [0.1, 0.15) is 16.5 Å². The van der Waals surface area contributed by atoms with Crippen LogP contribution in [0.25, 0.3) is 12.2 Å². The molecule has 3 aromatic rings. The Bertz CT molecular complexity index is 1210. The lowest BCUT2D eigenvalue weighted by molar-refractivity contribution is -0.114. The first-order valence-corrected chi connectivity index (χ1v) is 8.10. The molecule has 3 rings (SSSR count). The fourth-order valence-electron chi connectivity index (χ4n) is 2.45. The van der Waals surface area contributed by atoms with Gasteiger partial charge < -0.3 is 15.3 Å². The van der Waals surface area contributed by atoms with Gasteiger partial charge >= 0.3 is 0 Å². The Balaban J connectivity index is 1.98. The largest absolute Gasteiger partial charge is 0.326 e. The van der Waals surface area contributed by atoms with Crippen molar-refractivity contribution < 1.29 is 9.18 Å². The van der Waals surface area contributed by atoms with Crippen LogP contribution in [-0.4, -0.2) is 15.9 Å². The number of aromatic amines is 2. The van der Waals surface area contributed by atoms with Crippen molar-refractivity contribution in [1.82, 2.24) is 9.97 Å². The van der Waals surface area contributed by atoms with E-state index in [1.165, 1.54) is 43.3 Å². The predicted octanol–water partition coefficient (Wildman–Crippen LogP) is 0.818. The van der Waals surface area contributed by atoms with Gasteiger partial charge in [-0.05, 0) is 47.5 Å². The van der Waals surface area contributed by atoms with Crippen LogP contribution in [0, 0.1) is 5.82 Å². The number of aromatic nitrogens is 2. The van der Waals surface area contributed by atoms with Crippen LogP contribution in [0.2, 0.25) is 0 Å². The average Bonchev–Trinajstić information content (AvgIpc) is 2.62. The smallest absolute Gasteiger partial charge is 0.272 e. The molecule has 0 unspecified atom stereocenters. The van der Waals surface area contributed by atoms with Crippen molar-refractivity contribution in [2.24, 2.45) is 0 Å². The summed E-state index contributed by atoms with van der Waals surface area (Å²) >= 11 is 0. The van der Waals surface area contributed by atoms with Crippen molar-refractivity contribution in [2.45, 2.75) is 6.92 Å². The number of hydrogen-bond acceptors (Lipinski definition) is 3. The van der Waals surface area contributed by atoms with Gasteiger partial charge in [-0.1, -0.05) is 24.3 Å². The summed E-state index contributed by atoms with van der Waals surface area (Å²) in [5.74, 6) is -0.565.